The van der Waals surface area contributed by atoms with Crippen molar-refractivity contribution < 1.29 is 5.11 Å². The molecule has 2 rings (SSSR count). The van der Waals surface area contributed by atoms with Crippen LogP contribution in [0.4, 0.5) is 0 Å². The Morgan fingerprint density at radius 3 is 2.00 bits per heavy atom. The molecule has 0 atom stereocenters. The molecule has 1 saturated carbocycles. The van der Waals surface area contributed by atoms with Crippen molar-refractivity contribution in [3.63, 3.8) is 0 Å². The number of aromatic hydroxyl groups is 1. The summed E-state index contributed by atoms with van der Waals surface area (Å²) in [4.78, 5) is 0. The topological polar surface area (TPSA) is 20.2 Å². The first-order valence-electron chi connectivity index (χ1n) is 8.55. The first-order chi connectivity index (χ1) is 9.73. The second kappa shape index (κ2) is 7.87. The summed E-state index contributed by atoms with van der Waals surface area (Å²) >= 11 is 0. The Morgan fingerprint density at radius 2 is 1.62 bits per heavy atom. The lowest BCUT2D eigenvalue weighted by molar-refractivity contribution is 0.385. The normalized spacial score (nSPS) is 16.5. The third kappa shape index (κ3) is 5.73. The fourth-order valence-electron chi connectivity index (χ4n) is 2.94. The van der Waals surface area contributed by atoms with Crippen LogP contribution in [0.5, 0.6) is 5.75 Å². The first-order valence-corrected chi connectivity index (χ1v) is 8.55. The van der Waals surface area contributed by atoms with Crippen molar-refractivity contribution >= 4 is 0 Å². The van der Waals surface area contributed by atoms with Crippen molar-refractivity contribution in [2.45, 2.75) is 85.0 Å². The highest BCUT2D eigenvalue weighted by Crippen LogP contribution is 2.35. The lowest BCUT2D eigenvalue weighted by Crippen LogP contribution is -2.12. The Morgan fingerprint density at radius 1 is 1.05 bits per heavy atom. The smallest absolute Gasteiger partial charge is 0.122 e. The van der Waals surface area contributed by atoms with Gasteiger partial charge < -0.3 is 5.11 Å². The van der Waals surface area contributed by atoms with Crippen molar-refractivity contribution in [3.05, 3.63) is 29.3 Å². The molecule has 1 fully saturated rings. The van der Waals surface area contributed by atoms with Gasteiger partial charge in [-0.2, -0.15) is 0 Å². The molecule has 1 aliphatic carbocycles. The highest BCUT2D eigenvalue weighted by Gasteiger charge is 2.20. The number of phenols is 1. The van der Waals surface area contributed by atoms with Crippen LogP contribution in [0.1, 0.15) is 90.7 Å². The summed E-state index contributed by atoms with van der Waals surface area (Å²) in [7, 11) is 0. The summed E-state index contributed by atoms with van der Waals surface area (Å²) in [5, 5.41) is 10.1. The SMILES string of the molecule is CC(C)c1cccc(C(C)(C)C)c1O.CC1CCCCC1. The van der Waals surface area contributed by atoms with Gasteiger partial charge in [0.1, 0.15) is 5.75 Å². The van der Waals surface area contributed by atoms with Crippen LogP contribution in [0.15, 0.2) is 18.2 Å². The van der Waals surface area contributed by atoms with E-state index in [-0.39, 0.29) is 5.41 Å². The Bertz CT molecular complexity index is 420. The van der Waals surface area contributed by atoms with Gasteiger partial charge in [0.2, 0.25) is 0 Å². The summed E-state index contributed by atoms with van der Waals surface area (Å²) in [6.45, 7) is 12.9. The van der Waals surface area contributed by atoms with Crippen LogP contribution in [0.2, 0.25) is 0 Å². The van der Waals surface area contributed by atoms with E-state index in [0.717, 1.165) is 17.0 Å². The summed E-state index contributed by atoms with van der Waals surface area (Å²) in [5.41, 5.74) is 2.08. The molecule has 0 bridgehead atoms. The van der Waals surface area contributed by atoms with E-state index < -0.39 is 0 Å². The van der Waals surface area contributed by atoms with Gasteiger partial charge in [-0.1, -0.05) is 91.8 Å². The summed E-state index contributed by atoms with van der Waals surface area (Å²) in [6, 6.07) is 6.02. The zero-order chi connectivity index (χ0) is 16.0. The lowest BCUT2D eigenvalue weighted by atomic mass is 9.84. The average molecular weight is 290 g/mol. The molecule has 1 nitrogen and oxygen atoms in total. The number of hydrogen-bond acceptors (Lipinski definition) is 1. The standard InChI is InChI=1S/C13H20O.C7H14/c1-9(2)10-7-6-8-11(12(10)14)13(3,4)5;1-7-5-3-2-4-6-7/h6-9,14H,1-5H3;7H,2-6H2,1H3. The van der Waals surface area contributed by atoms with E-state index in [1.54, 1.807) is 0 Å². The molecule has 1 aromatic carbocycles. The van der Waals surface area contributed by atoms with Crippen LogP contribution in [0.3, 0.4) is 0 Å². The van der Waals surface area contributed by atoms with E-state index in [2.05, 4.69) is 41.5 Å². The van der Waals surface area contributed by atoms with E-state index in [1.807, 2.05) is 18.2 Å². The average Bonchev–Trinajstić information content (AvgIpc) is 2.39. The van der Waals surface area contributed by atoms with Crippen molar-refractivity contribution in [3.8, 4) is 5.75 Å². The second-order valence-corrected chi connectivity index (χ2v) is 7.89. The van der Waals surface area contributed by atoms with E-state index in [9.17, 15) is 5.11 Å². The number of benzene rings is 1. The van der Waals surface area contributed by atoms with Gasteiger partial charge in [0.25, 0.3) is 0 Å². The number of phenolic OH excluding ortho intramolecular Hbond substituents is 1. The summed E-state index contributed by atoms with van der Waals surface area (Å²) in [5.74, 6) is 1.88. The van der Waals surface area contributed by atoms with E-state index >= 15 is 0 Å². The highest BCUT2D eigenvalue weighted by molar-refractivity contribution is 5.45. The maximum absolute atomic E-state index is 10.1. The Hall–Kier alpha value is -0.980. The second-order valence-electron chi connectivity index (χ2n) is 7.89. The minimum Gasteiger partial charge on any atom is -0.507 e. The molecule has 0 radical (unpaired) electrons. The van der Waals surface area contributed by atoms with Gasteiger partial charge in [-0.15, -0.1) is 0 Å². The molecular formula is C20H34O. The quantitative estimate of drug-likeness (QED) is 0.634. The van der Waals surface area contributed by atoms with Crippen molar-refractivity contribution in [2.24, 2.45) is 5.92 Å². The molecule has 1 aromatic rings. The van der Waals surface area contributed by atoms with Crippen LogP contribution in [0, 0.1) is 5.92 Å². The maximum Gasteiger partial charge on any atom is 0.122 e. The molecule has 0 amide bonds. The number of hydrogen-bond donors (Lipinski definition) is 1. The number of rotatable bonds is 1. The zero-order valence-corrected chi connectivity index (χ0v) is 14.9. The fourth-order valence-corrected chi connectivity index (χ4v) is 2.94. The maximum atomic E-state index is 10.1. The van der Waals surface area contributed by atoms with Gasteiger partial charge in [-0.05, 0) is 28.4 Å². The van der Waals surface area contributed by atoms with Crippen LogP contribution in [0.25, 0.3) is 0 Å². The molecule has 0 heterocycles. The van der Waals surface area contributed by atoms with Gasteiger partial charge >= 0.3 is 0 Å². The van der Waals surface area contributed by atoms with Crippen LogP contribution >= 0.6 is 0 Å². The molecule has 0 saturated heterocycles. The molecule has 1 heteroatoms. The van der Waals surface area contributed by atoms with E-state index in [4.69, 9.17) is 0 Å². The third-order valence-electron chi connectivity index (χ3n) is 4.39. The third-order valence-corrected chi connectivity index (χ3v) is 4.39. The number of para-hydroxylation sites is 1. The highest BCUT2D eigenvalue weighted by atomic mass is 16.3. The Labute approximate surface area is 131 Å². The van der Waals surface area contributed by atoms with Gasteiger partial charge in [0, 0.05) is 0 Å². The van der Waals surface area contributed by atoms with Crippen LogP contribution < -0.4 is 0 Å². The van der Waals surface area contributed by atoms with Crippen molar-refractivity contribution in [1.82, 2.24) is 0 Å². The monoisotopic (exact) mass is 290 g/mol. The predicted octanol–water partition coefficient (Wildman–Crippen LogP) is 6.40. The molecule has 120 valence electrons. The van der Waals surface area contributed by atoms with Crippen molar-refractivity contribution in [1.29, 1.82) is 0 Å². The molecule has 0 aromatic heterocycles. The summed E-state index contributed by atoms with van der Waals surface area (Å²) in [6.07, 6.45) is 7.44. The minimum absolute atomic E-state index is 0.00891. The van der Waals surface area contributed by atoms with Gasteiger partial charge in [-0.25, -0.2) is 0 Å². The van der Waals surface area contributed by atoms with Crippen LogP contribution in [-0.4, -0.2) is 5.11 Å². The van der Waals surface area contributed by atoms with Gasteiger partial charge in [0.15, 0.2) is 0 Å². The van der Waals surface area contributed by atoms with E-state index in [1.165, 1.54) is 32.1 Å². The van der Waals surface area contributed by atoms with Crippen LogP contribution in [-0.2, 0) is 5.41 Å². The van der Waals surface area contributed by atoms with Crippen molar-refractivity contribution in [2.75, 3.05) is 0 Å². The summed E-state index contributed by atoms with van der Waals surface area (Å²) < 4.78 is 0. The fraction of sp³-hybridized carbons (Fsp3) is 0.700. The Kier molecular flexibility index (Phi) is 6.77. The molecule has 0 spiro atoms. The van der Waals surface area contributed by atoms with Gasteiger partial charge in [0.05, 0.1) is 0 Å². The Balaban J connectivity index is 0.000000262. The minimum atomic E-state index is 0.00891. The molecule has 0 aliphatic heterocycles. The first kappa shape index (κ1) is 18.1. The molecule has 21 heavy (non-hydrogen) atoms. The molecule has 1 aliphatic rings. The van der Waals surface area contributed by atoms with Gasteiger partial charge in [-0.3, -0.25) is 0 Å². The largest absolute Gasteiger partial charge is 0.507 e. The lowest BCUT2D eigenvalue weighted by Gasteiger charge is -2.22. The molecular weight excluding hydrogens is 256 g/mol. The molecule has 0 unspecified atom stereocenters. The predicted molar refractivity (Wildman–Crippen MR) is 93.1 cm³/mol. The zero-order valence-electron chi connectivity index (χ0n) is 14.9. The van der Waals surface area contributed by atoms with E-state index in [0.29, 0.717) is 11.7 Å². The molecule has 1 N–H and O–H groups in total.